The normalized spacial score (nSPS) is 13.1. The van der Waals surface area contributed by atoms with Crippen molar-refractivity contribution in [3.63, 3.8) is 0 Å². The number of rotatable bonds is 11. The van der Waals surface area contributed by atoms with Gasteiger partial charge in [-0.2, -0.15) is 0 Å². The number of benzene rings is 2. The first-order valence-corrected chi connectivity index (χ1v) is 10.9. The quantitative estimate of drug-likeness (QED) is 0.495. The first-order valence-electron chi connectivity index (χ1n) is 10.9. The molecule has 0 radical (unpaired) electrons. The Labute approximate surface area is 179 Å². The van der Waals surface area contributed by atoms with Crippen LogP contribution < -0.4 is 20.1 Å². The van der Waals surface area contributed by atoms with E-state index in [9.17, 15) is 4.39 Å². The van der Waals surface area contributed by atoms with E-state index in [1.807, 2.05) is 30.3 Å². The summed E-state index contributed by atoms with van der Waals surface area (Å²) in [5, 5.41) is 0. The largest absolute Gasteiger partial charge is 0.497 e. The molecule has 3 rings (SSSR count). The van der Waals surface area contributed by atoms with Gasteiger partial charge in [-0.15, -0.1) is 0 Å². The third-order valence-corrected chi connectivity index (χ3v) is 5.43. The monoisotopic (exact) mass is 412 g/mol. The van der Waals surface area contributed by atoms with E-state index in [4.69, 9.17) is 15.2 Å². The summed E-state index contributed by atoms with van der Waals surface area (Å²) < 4.78 is 26.1. The summed E-state index contributed by atoms with van der Waals surface area (Å²) in [4.78, 5) is 2.27. The molecule has 2 N–H and O–H groups in total. The van der Waals surface area contributed by atoms with E-state index in [0.717, 1.165) is 80.1 Å². The Morgan fingerprint density at radius 2 is 1.80 bits per heavy atom. The summed E-state index contributed by atoms with van der Waals surface area (Å²) in [6.07, 6.45) is 7.21. The van der Waals surface area contributed by atoms with Crippen LogP contribution in [0.15, 0.2) is 36.4 Å². The van der Waals surface area contributed by atoms with E-state index >= 15 is 0 Å². The van der Waals surface area contributed by atoms with E-state index < -0.39 is 0 Å². The van der Waals surface area contributed by atoms with Crippen LogP contribution in [0, 0.1) is 5.82 Å². The molecule has 0 spiro atoms. The first kappa shape index (κ1) is 22.2. The molecule has 0 saturated carbocycles. The minimum Gasteiger partial charge on any atom is -0.497 e. The van der Waals surface area contributed by atoms with Crippen molar-refractivity contribution in [2.75, 3.05) is 38.3 Å². The molecule has 0 aliphatic carbocycles. The van der Waals surface area contributed by atoms with Crippen LogP contribution in [0.1, 0.15) is 50.2 Å². The van der Waals surface area contributed by atoms with Crippen LogP contribution in [0.5, 0.6) is 11.5 Å². The van der Waals surface area contributed by atoms with Gasteiger partial charge < -0.3 is 20.1 Å². The standard InChI is InChI=1S/C25H33FN2O2/c1-3-16-30-24-13-12-23(26)22-17-20(19-8-10-21(29-2)11-9-19)18-28(25(22)24)15-7-5-4-6-14-27/h8-13,17H,3-7,14-16,18,27H2,1-2H3. The van der Waals surface area contributed by atoms with Crippen LogP contribution >= 0.6 is 0 Å². The van der Waals surface area contributed by atoms with Crippen molar-refractivity contribution in [2.24, 2.45) is 5.73 Å². The Morgan fingerprint density at radius 1 is 1.03 bits per heavy atom. The summed E-state index contributed by atoms with van der Waals surface area (Å²) in [5.41, 5.74) is 9.28. The number of ether oxygens (including phenoxy) is 2. The molecule has 0 aromatic heterocycles. The number of fused-ring (bicyclic) bond motifs is 1. The second-order valence-electron chi connectivity index (χ2n) is 7.68. The van der Waals surface area contributed by atoms with Crippen molar-refractivity contribution < 1.29 is 13.9 Å². The Balaban J connectivity index is 1.92. The number of hydrogen-bond donors (Lipinski definition) is 1. The minimum atomic E-state index is -0.215. The van der Waals surface area contributed by atoms with Crippen molar-refractivity contribution >= 4 is 17.3 Å². The third kappa shape index (κ3) is 5.33. The predicted octanol–water partition coefficient (Wildman–Crippen LogP) is 5.50. The zero-order valence-electron chi connectivity index (χ0n) is 18.1. The molecule has 0 atom stereocenters. The fourth-order valence-corrected chi connectivity index (χ4v) is 3.83. The van der Waals surface area contributed by atoms with Gasteiger partial charge in [0.2, 0.25) is 0 Å². The van der Waals surface area contributed by atoms with Gasteiger partial charge in [-0.1, -0.05) is 31.9 Å². The van der Waals surface area contributed by atoms with Crippen LogP contribution in [0.4, 0.5) is 10.1 Å². The smallest absolute Gasteiger partial charge is 0.143 e. The van der Waals surface area contributed by atoms with Crippen molar-refractivity contribution in [3.05, 3.63) is 53.3 Å². The molecule has 0 bridgehead atoms. The number of nitrogens with two attached hydrogens (primary N) is 1. The van der Waals surface area contributed by atoms with Gasteiger partial charge >= 0.3 is 0 Å². The molecule has 0 amide bonds. The molecule has 162 valence electrons. The first-order chi connectivity index (χ1) is 14.7. The number of hydrogen-bond acceptors (Lipinski definition) is 4. The SMILES string of the molecule is CCCOc1ccc(F)c2c1N(CCCCCCN)CC(c1ccc(OC)cc1)=C2. The zero-order chi connectivity index (χ0) is 21.3. The van der Waals surface area contributed by atoms with Gasteiger partial charge in [0.15, 0.2) is 0 Å². The molecular formula is C25H33FN2O2. The summed E-state index contributed by atoms with van der Waals surface area (Å²) in [6, 6.07) is 11.2. The zero-order valence-corrected chi connectivity index (χ0v) is 18.1. The molecule has 1 aliphatic rings. The van der Waals surface area contributed by atoms with E-state index in [2.05, 4.69) is 11.8 Å². The number of nitrogens with zero attached hydrogens (tertiary/aromatic N) is 1. The number of methoxy groups -OCH3 is 1. The van der Waals surface area contributed by atoms with Gasteiger partial charge in [-0.05, 0) is 67.3 Å². The second kappa shape index (κ2) is 11.0. The maximum Gasteiger partial charge on any atom is 0.143 e. The lowest BCUT2D eigenvalue weighted by atomic mass is 9.95. The highest BCUT2D eigenvalue weighted by Crippen LogP contribution is 2.41. The molecule has 0 unspecified atom stereocenters. The summed E-state index contributed by atoms with van der Waals surface area (Å²) >= 11 is 0. The molecule has 2 aromatic carbocycles. The lowest BCUT2D eigenvalue weighted by Gasteiger charge is -2.33. The Hall–Kier alpha value is -2.53. The molecule has 0 fully saturated rings. The van der Waals surface area contributed by atoms with Crippen LogP contribution in [-0.4, -0.2) is 33.4 Å². The van der Waals surface area contributed by atoms with E-state index in [-0.39, 0.29) is 5.82 Å². The molecule has 1 heterocycles. The molecule has 2 aromatic rings. The summed E-state index contributed by atoms with van der Waals surface area (Å²) in [6.45, 7) is 5.01. The number of unbranched alkanes of at least 4 members (excludes halogenated alkanes) is 3. The Bertz CT molecular complexity index is 849. The fraction of sp³-hybridized carbons (Fsp3) is 0.440. The van der Waals surface area contributed by atoms with Crippen molar-refractivity contribution in [1.29, 1.82) is 0 Å². The van der Waals surface area contributed by atoms with E-state index in [1.54, 1.807) is 13.2 Å². The van der Waals surface area contributed by atoms with Crippen molar-refractivity contribution in [1.82, 2.24) is 0 Å². The topological polar surface area (TPSA) is 47.7 Å². The van der Waals surface area contributed by atoms with Crippen LogP contribution in [0.25, 0.3) is 11.6 Å². The molecule has 5 heteroatoms. The maximum atomic E-state index is 14.9. The van der Waals surface area contributed by atoms with Gasteiger partial charge in [-0.3, -0.25) is 0 Å². The molecule has 4 nitrogen and oxygen atoms in total. The van der Waals surface area contributed by atoms with Crippen LogP contribution in [0.3, 0.4) is 0 Å². The lowest BCUT2D eigenvalue weighted by molar-refractivity contribution is 0.317. The molecule has 0 saturated heterocycles. The van der Waals surface area contributed by atoms with Crippen molar-refractivity contribution in [2.45, 2.75) is 39.0 Å². The predicted molar refractivity (Wildman–Crippen MR) is 123 cm³/mol. The van der Waals surface area contributed by atoms with Gasteiger partial charge in [0, 0.05) is 18.7 Å². The van der Waals surface area contributed by atoms with Crippen LogP contribution in [-0.2, 0) is 0 Å². The van der Waals surface area contributed by atoms with Crippen LogP contribution in [0.2, 0.25) is 0 Å². The number of anilines is 1. The molecular weight excluding hydrogens is 379 g/mol. The lowest BCUT2D eigenvalue weighted by Crippen LogP contribution is -2.30. The maximum absolute atomic E-state index is 14.9. The Morgan fingerprint density at radius 3 is 2.50 bits per heavy atom. The van der Waals surface area contributed by atoms with E-state index in [1.165, 1.54) is 6.07 Å². The molecule has 1 aliphatic heterocycles. The average molecular weight is 413 g/mol. The highest BCUT2D eigenvalue weighted by molar-refractivity contribution is 5.93. The molecule has 30 heavy (non-hydrogen) atoms. The summed E-state index contributed by atoms with van der Waals surface area (Å²) in [7, 11) is 1.66. The highest BCUT2D eigenvalue weighted by Gasteiger charge is 2.25. The average Bonchev–Trinajstić information content (AvgIpc) is 2.78. The second-order valence-corrected chi connectivity index (χ2v) is 7.68. The fourth-order valence-electron chi connectivity index (χ4n) is 3.83. The van der Waals surface area contributed by atoms with Gasteiger partial charge in [0.25, 0.3) is 0 Å². The van der Waals surface area contributed by atoms with Gasteiger partial charge in [0.05, 0.1) is 19.4 Å². The minimum absolute atomic E-state index is 0.215. The van der Waals surface area contributed by atoms with Crippen molar-refractivity contribution in [3.8, 4) is 11.5 Å². The highest BCUT2D eigenvalue weighted by atomic mass is 19.1. The number of halogens is 1. The Kier molecular flexibility index (Phi) is 8.14. The van der Waals surface area contributed by atoms with Gasteiger partial charge in [-0.25, -0.2) is 4.39 Å². The van der Waals surface area contributed by atoms with E-state index in [0.29, 0.717) is 12.2 Å². The van der Waals surface area contributed by atoms with Gasteiger partial charge in [0.1, 0.15) is 17.3 Å². The third-order valence-electron chi connectivity index (χ3n) is 5.43. The summed E-state index contributed by atoms with van der Waals surface area (Å²) in [5.74, 6) is 1.36.